The number of pyridine rings is 1. The Balaban J connectivity index is 1.03. The highest BCUT2D eigenvalue weighted by atomic mass is 19.1. The number of ether oxygens (including phenoxy) is 2. The molecule has 2 amide bonds. The predicted molar refractivity (Wildman–Crippen MR) is 168 cm³/mol. The van der Waals surface area contributed by atoms with Crippen LogP contribution < -0.4 is 20.1 Å². The van der Waals surface area contributed by atoms with Gasteiger partial charge in [-0.3, -0.25) is 14.2 Å². The fourth-order valence-corrected chi connectivity index (χ4v) is 4.43. The van der Waals surface area contributed by atoms with Crippen molar-refractivity contribution in [1.82, 2.24) is 50.0 Å². The molecule has 0 saturated carbocycles. The molecule has 4 N–H and O–H groups in total. The highest BCUT2D eigenvalue weighted by Crippen LogP contribution is 2.28. The molecule has 5 heterocycles. The van der Waals surface area contributed by atoms with E-state index in [1.807, 2.05) is 0 Å². The molecule has 5 aromatic heterocycles. The Morgan fingerprint density at radius 3 is 2.33 bits per heavy atom. The van der Waals surface area contributed by atoms with Gasteiger partial charge in [0.05, 0.1) is 36.3 Å². The maximum Gasteiger partial charge on any atom is 0.356 e. The first kappa shape index (κ1) is 33.5. The van der Waals surface area contributed by atoms with Crippen molar-refractivity contribution in [1.29, 1.82) is 0 Å². The van der Waals surface area contributed by atoms with Gasteiger partial charge in [0, 0.05) is 24.5 Å². The van der Waals surface area contributed by atoms with E-state index < -0.39 is 40.8 Å². The van der Waals surface area contributed by atoms with E-state index in [0.717, 1.165) is 16.8 Å². The molecule has 0 unspecified atom stereocenters. The van der Waals surface area contributed by atoms with E-state index in [-0.39, 0.29) is 53.1 Å². The van der Waals surface area contributed by atoms with Crippen molar-refractivity contribution in [3.63, 3.8) is 0 Å². The van der Waals surface area contributed by atoms with Crippen LogP contribution in [-0.4, -0.2) is 97.2 Å². The average Bonchev–Trinajstić information content (AvgIpc) is 3.83. The number of nitrogens with zero attached hydrogens (tertiary/aromatic N) is 10. The Morgan fingerprint density at radius 2 is 1.61 bits per heavy atom. The van der Waals surface area contributed by atoms with Crippen LogP contribution in [0.5, 0.6) is 11.5 Å². The molecule has 51 heavy (non-hydrogen) atoms. The second-order valence-electron chi connectivity index (χ2n) is 10.3. The molecule has 6 aromatic rings. The number of carboxylic acids is 2. The zero-order valence-corrected chi connectivity index (χ0v) is 25.9. The van der Waals surface area contributed by atoms with Crippen molar-refractivity contribution in [3.05, 3.63) is 95.8 Å². The van der Waals surface area contributed by atoms with E-state index in [4.69, 9.17) is 9.47 Å². The number of tetrazole rings is 1. The number of benzene rings is 1. The molecule has 0 saturated heterocycles. The zero-order chi connectivity index (χ0) is 35.9. The topological polar surface area (TPSA) is 264 Å². The molecule has 258 valence electrons. The number of imidazole rings is 1. The van der Waals surface area contributed by atoms with Gasteiger partial charge < -0.3 is 30.3 Å². The number of hydrogen-bond acceptors (Lipinski definition) is 14. The normalized spacial score (nSPS) is 10.8. The Morgan fingerprint density at radius 1 is 0.843 bits per heavy atom. The van der Waals surface area contributed by atoms with Crippen molar-refractivity contribution in [2.24, 2.45) is 0 Å². The van der Waals surface area contributed by atoms with Crippen LogP contribution >= 0.6 is 0 Å². The summed E-state index contributed by atoms with van der Waals surface area (Å²) in [7, 11) is 0. The van der Waals surface area contributed by atoms with Crippen molar-refractivity contribution in [3.8, 4) is 17.3 Å². The molecule has 0 radical (unpaired) electrons. The third-order valence-electron chi connectivity index (χ3n) is 6.88. The highest BCUT2D eigenvalue weighted by Gasteiger charge is 2.21. The van der Waals surface area contributed by atoms with Crippen molar-refractivity contribution < 1.29 is 43.3 Å². The number of halogens is 1. The van der Waals surface area contributed by atoms with E-state index in [9.17, 15) is 33.8 Å². The van der Waals surface area contributed by atoms with Gasteiger partial charge in [-0.1, -0.05) is 0 Å². The summed E-state index contributed by atoms with van der Waals surface area (Å²) in [6.07, 6.45) is 6.61. The van der Waals surface area contributed by atoms with Gasteiger partial charge in [-0.05, 0) is 53.6 Å². The summed E-state index contributed by atoms with van der Waals surface area (Å²) in [6, 6.07) is 8.78. The van der Waals surface area contributed by atoms with Crippen molar-refractivity contribution in [2.75, 3.05) is 23.8 Å². The van der Waals surface area contributed by atoms with Crippen LogP contribution in [0.4, 0.5) is 15.8 Å². The number of nitrogens with one attached hydrogen (secondary N) is 2. The van der Waals surface area contributed by atoms with Gasteiger partial charge in [0.25, 0.3) is 11.8 Å². The number of carbonyl (C=O) groups is 4. The lowest BCUT2D eigenvalue weighted by molar-refractivity contribution is 0.0683. The van der Waals surface area contributed by atoms with Gasteiger partial charge in [-0.2, -0.15) is 0 Å². The highest BCUT2D eigenvalue weighted by molar-refractivity contribution is 6.07. The lowest BCUT2D eigenvalue weighted by Gasteiger charge is -2.13. The standard InChI is InChI=1S/C30H23FN12O8/c31-18-12-17(29(46)47)21(34-28(45)20-4-6-25-38-40-41-43(25)39-20)13-23(18)51-10-2-1-9-50-16-11-22(26(30(48)49)33-14-16)35-27(44)19-3-5-24(37-36-19)42-8-7-32-15-42/h3-8,11-15H,1-2,9-10H2,(H,34,45)(H,35,44)(H,46,47)(H,48,49). The molecule has 0 aliphatic rings. The fraction of sp³-hybridized carbons (Fsp3) is 0.133. The molecule has 1 aromatic carbocycles. The summed E-state index contributed by atoms with van der Waals surface area (Å²) in [6.45, 7) is 0.0855. The maximum absolute atomic E-state index is 14.7. The first-order valence-corrected chi connectivity index (χ1v) is 14.7. The third-order valence-corrected chi connectivity index (χ3v) is 6.88. The molecule has 21 heteroatoms. The van der Waals surface area contributed by atoms with Gasteiger partial charge in [-0.15, -0.1) is 25.0 Å². The zero-order valence-electron chi connectivity index (χ0n) is 25.9. The van der Waals surface area contributed by atoms with Gasteiger partial charge in [0.15, 0.2) is 40.1 Å². The number of fused-ring (bicyclic) bond motifs is 1. The van der Waals surface area contributed by atoms with Crippen LogP contribution in [0, 0.1) is 5.82 Å². The molecule has 0 atom stereocenters. The molecule has 0 aliphatic carbocycles. The predicted octanol–water partition coefficient (Wildman–Crippen LogP) is 2.17. The molecule has 20 nitrogen and oxygen atoms in total. The van der Waals surface area contributed by atoms with Gasteiger partial charge in [-0.25, -0.2) is 23.9 Å². The number of carboxylic acid groups (broad SMARTS) is 2. The molecule has 0 spiro atoms. The summed E-state index contributed by atoms with van der Waals surface area (Å²) in [4.78, 5) is 56.9. The first-order chi connectivity index (χ1) is 24.7. The van der Waals surface area contributed by atoms with Gasteiger partial charge in [0.1, 0.15) is 12.1 Å². The number of unbranched alkanes of at least 4 members (excludes halogenated alkanes) is 1. The smallest absolute Gasteiger partial charge is 0.356 e. The number of aromatic nitrogens is 10. The molecule has 0 aliphatic heterocycles. The summed E-state index contributed by atoms with van der Waals surface area (Å²) >= 11 is 0. The van der Waals surface area contributed by atoms with Gasteiger partial charge >= 0.3 is 11.9 Å². The first-order valence-electron chi connectivity index (χ1n) is 14.7. The number of rotatable bonds is 14. The Kier molecular flexibility index (Phi) is 9.68. The number of carbonyl (C=O) groups excluding carboxylic acids is 2. The summed E-state index contributed by atoms with van der Waals surface area (Å²) in [5.74, 6) is -5.10. The molecular formula is C30H23FN12O8. The lowest BCUT2D eigenvalue weighted by atomic mass is 10.1. The quantitative estimate of drug-likeness (QED) is 0.119. The largest absolute Gasteiger partial charge is 0.492 e. The van der Waals surface area contributed by atoms with Crippen LogP contribution in [0.15, 0.2) is 67.4 Å². The van der Waals surface area contributed by atoms with Crippen LogP contribution in [0.3, 0.4) is 0 Å². The Labute approximate surface area is 283 Å². The van der Waals surface area contributed by atoms with E-state index in [0.29, 0.717) is 18.7 Å². The van der Waals surface area contributed by atoms with E-state index in [1.165, 1.54) is 36.8 Å². The average molecular weight is 699 g/mol. The number of amides is 2. The van der Waals surface area contributed by atoms with Crippen molar-refractivity contribution in [2.45, 2.75) is 12.8 Å². The van der Waals surface area contributed by atoms with E-state index in [1.54, 1.807) is 23.0 Å². The third kappa shape index (κ3) is 7.83. The van der Waals surface area contributed by atoms with E-state index in [2.05, 4.69) is 51.4 Å². The Bertz CT molecular complexity index is 2250. The summed E-state index contributed by atoms with van der Waals surface area (Å²) in [5, 5.41) is 46.5. The fourth-order valence-electron chi connectivity index (χ4n) is 4.43. The summed E-state index contributed by atoms with van der Waals surface area (Å²) in [5.41, 5.74) is -1.24. The van der Waals surface area contributed by atoms with Gasteiger partial charge in [0.2, 0.25) is 0 Å². The SMILES string of the molecule is O=C(Nc1cc(OCCCCOc2cnc(C(=O)O)c(NC(=O)c3ccc(-n4ccnc4)nn3)c2)c(F)cc1C(=O)O)c1ccc2nnnn2n1. The minimum atomic E-state index is -1.49. The van der Waals surface area contributed by atoms with Crippen LogP contribution in [0.2, 0.25) is 0 Å². The maximum atomic E-state index is 14.7. The summed E-state index contributed by atoms with van der Waals surface area (Å²) < 4.78 is 28.5. The van der Waals surface area contributed by atoms with Crippen LogP contribution in [-0.2, 0) is 0 Å². The van der Waals surface area contributed by atoms with Crippen LogP contribution in [0.1, 0.15) is 54.7 Å². The molecule has 6 rings (SSSR count). The number of hydrogen-bond donors (Lipinski definition) is 4. The lowest BCUT2D eigenvalue weighted by Crippen LogP contribution is -2.18. The van der Waals surface area contributed by atoms with E-state index >= 15 is 0 Å². The minimum absolute atomic E-state index is 0.0181. The second kappa shape index (κ2) is 14.8. The number of anilines is 2. The Hall–Kier alpha value is -7.45. The molecule has 0 fully saturated rings. The monoisotopic (exact) mass is 698 g/mol. The second-order valence-corrected chi connectivity index (χ2v) is 10.3. The number of aromatic carboxylic acids is 2. The van der Waals surface area contributed by atoms with Crippen molar-refractivity contribution >= 4 is 40.8 Å². The molecule has 0 bridgehead atoms. The van der Waals surface area contributed by atoms with Crippen LogP contribution in [0.25, 0.3) is 11.5 Å². The molecular weight excluding hydrogens is 675 g/mol. The minimum Gasteiger partial charge on any atom is -0.492 e.